The normalized spacial score (nSPS) is 10.9. The number of anilines is 1. The highest BCUT2D eigenvalue weighted by Gasteiger charge is 2.19. The van der Waals surface area contributed by atoms with Crippen LogP contribution in [0.3, 0.4) is 0 Å². The van der Waals surface area contributed by atoms with Gasteiger partial charge in [-0.25, -0.2) is 4.98 Å². The highest BCUT2D eigenvalue weighted by atomic mass is 32.1. The first-order valence-corrected chi connectivity index (χ1v) is 9.96. The van der Waals surface area contributed by atoms with Crippen LogP contribution in [0.2, 0.25) is 0 Å². The van der Waals surface area contributed by atoms with E-state index in [9.17, 15) is 4.79 Å². The molecule has 1 N–H and O–H groups in total. The van der Waals surface area contributed by atoms with Crippen molar-refractivity contribution < 1.29 is 18.4 Å². The van der Waals surface area contributed by atoms with Crippen molar-refractivity contribution in [2.75, 3.05) is 11.9 Å². The third kappa shape index (κ3) is 4.59. The van der Waals surface area contributed by atoms with E-state index in [1.165, 1.54) is 17.4 Å². The molecule has 1 amide bonds. The molecule has 0 atom stereocenters. The van der Waals surface area contributed by atoms with E-state index in [-0.39, 0.29) is 5.91 Å². The van der Waals surface area contributed by atoms with Crippen LogP contribution in [0.4, 0.5) is 5.13 Å². The summed E-state index contributed by atoms with van der Waals surface area (Å²) in [7, 11) is 0. The molecule has 3 heterocycles. The topological polar surface area (TPSA) is 77.5 Å². The molecule has 0 aliphatic rings. The molecule has 0 fully saturated rings. The molecule has 30 heavy (non-hydrogen) atoms. The van der Waals surface area contributed by atoms with E-state index in [0.717, 1.165) is 16.2 Å². The monoisotopic (exact) mass is 418 g/mol. The molecule has 4 rings (SSSR count). The molecule has 7 heteroatoms. The van der Waals surface area contributed by atoms with Crippen molar-refractivity contribution in [1.29, 1.82) is 0 Å². The van der Waals surface area contributed by atoms with Crippen LogP contribution in [0.1, 0.15) is 5.56 Å². The molecule has 150 valence electrons. The number of benzene rings is 1. The summed E-state index contributed by atoms with van der Waals surface area (Å²) >= 11 is 1.32. The zero-order chi connectivity index (χ0) is 20.8. The first kappa shape index (κ1) is 19.5. The Morgan fingerprint density at radius 1 is 1.10 bits per heavy atom. The van der Waals surface area contributed by atoms with Gasteiger partial charge in [0.2, 0.25) is 5.91 Å². The van der Waals surface area contributed by atoms with Gasteiger partial charge in [0.15, 0.2) is 10.9 Å². The fourth-order valence-corrected chi connectivity index (χ4v) is 3.62. The van der Waals surface area contributed by atoms with Gasteiger partial charge in [-0.15, -0.1) is 0 Å². The van der Waals surface area contributed by atoms with Crippen molar-refractivity contribution in [3.8, 4) is 27.8 Å². The number of thiazole rings is 1. The quantitative estimate of drug-likeness (QED) is 0.286. The second-order valence-corrected chi connectivity index (χ2v) is 7.14. The fourth-order valence-electron chi connectivity index (χ4n) is 2.68. The number of hydrogen-bond donors (Lipinski definition) is 1. The number of carbonyl (C=O) groups is 1. The number of carbonyl (C=O) groups excluding carboxylic acids is 1. The summed E-state index contributed by atoms with van der Waals surface area (Å²) in [6, 6.07) is 14.7. The van der Waals surface area contributed by atoms with Gasteiger partial charge in [-0.3, -0.25) is 10.1 Å². The first-order chi connectivity index (χ1) is 14.7. The van der Waals surface area contributed by atoms with Crippen molar-refractivity contribution in [3.63, 3.8) is 0 Å². The molecule has 0 aliphatic heterocycles. The van der Waals surface area contributed by atoms with Gasteiger partial charge >= 0.3 is 0 Å². The summed E-state index contributed by atoms with van der Waals surface area (Å²) in [4.78, 5) is 17.7. The van der Waals surface area contributed by atoms with Gasteiger partial charge in [0, 0.05) is 6.08 Å². The smallest absolute Gasteiger partial charge is 0.250 e. The van der Waals surface area contributed by atoms with Crippen molar-refractivity contribution in [2.24, 2.45) is 0 Å². The highest BCUT2D eigenvalue weighted by molar-refractivity contribution is 7.19. The fraction of sp³-hybridized carbons (Fsp3) is 0.0435. The lowest BCUT2D eigenvalue weighted by molar-refractivity contribution is -0.111. The number of nitrogens with one attached hydrogen (secondary N) is 1. The largest absolute Gasteiger partial charge is 0.490 e. The minimum atomic E-state index is -0.285. The van der Waals surface area contributed by atoms with E-state index in [1.807, 2.05) is 36.4 Å². The molecule has 0 bridgehead atoms. The number of amides is 1. The Hall–Kier alpha value is -3.84. The summed E-state index contributed by atoms with van der Waals surface area (Å²) < 4.78 is 16.4. The molecular formula is C23H18N2O4S. The van der Waals surface area contributed by atoms with Crippen LogP contribution in [-0.4, -0.2) is 17.5 Å². The van der Waals surface area contributed by atoms with E-state index >= 15 is 0 Å². The van der Waals surface area contributed by atoms with Gasteiger partial charge in [0.05, 0.1) is 12.5 Å². The van der Waals surface area contributed by atoms with Crippen LogP contribution < -0.4 is 10.1 Å². The SMILES string of the molecule is C=CCOc1ccc(/C=C/C(=O)Nc2nc(-c3ccco3)c(-c3ccco3)s2)cc1. The second kappa shape index (κ2) is 9.11. The van der Waals surface area contributed by atoms with Gasteiger partial charge in [0.25, 0.3) is 0 Å². The van der Waals surface area contributed by atoms with Gasteiger partial charge in [-0.2, -0.15) is 0 Å². The Labute approximate surface area is 177 Å². The predicted molar refractivity (Wildman–Crippen MR) is 117 cm³/mol. The summed E-state index contributed by atoms with van der Waals surface area (Å²) in [6.07, 6.45) is 8.04. The summed E-state index contributed by atoms with van der Waals surface area (Å²) in [5.41, 5.74) is 1.50. The average Bonchev–Trinajstić information content (AvgIpc) is 3.52. The lowest BCUT2D eigenvalue weighted by atomic mass is 10.2. The molecule has 4 aromatic rings. The van der Waals surface area contributed by atoms with Crippen LogP contribution in [0.25, 0.3) is 28.2 Å². The average molecular weight is 418 g/mol. The van der Waals surface area contributed by atoms with Crippen LogP contribution in [-0.2, 0) is 4.79 Å². The summed E-state index contributed by atoms with van der Waals surface area (Å²) in [6.45, 7) is 4.07. The van der Waals surface area contributed by atoms with Gasteiger partial charge in [-0.1, -0.05) is 36.1 Å². The van der Waals surface area contributed by atoms with E-state index in [4.69, 9.17) is 13.6 Å². The summed E-state index contributed by atoms with van der Waals surface area (Å²) in [5.74, 6) is 1.73. The van der Waals surface area contributed by atoms with Gasteiger partial charge < -0.3 is 13.6 Å². The Morgan fingerprint density at radius 2 is 1.83 bits per heavy atom. The van der Waals surface area contributed by atoms with Crippen molar-refractivity contribution >= 4 is 28.5 Å². The number of furan rings is 2. The Kier molecular flexibility index (Phi) is 5.91. The molecule has 6 nitrogen and oxygen atoms in total. The van der Waals surface area contributed by atoms with Crippen molar-refractivity contribution in [3.05, 3.63) is 85.4 Å². The molecule has 0 saturated heterocycles. The lowest BCUT2D eigenvalue weighted by Gasteiger charge is -2.02. The molecular weight excluding hydrogens is 400 g/mol. The van der Waals surface area contributed by atoms with Gasteiger partial charge in [0.1, 0.15) is 28.7 Å². The van der Waals surface area contributed by atoms with Crippen LogP contribution in [0.5, 0.6) is 5.75 Å². The van der Waals surface area contributed by atoms with E-state index < -0.39 is 0 Å². The van der Waals surface area contributed by atoms with E-state index in [1.54, 1.807) is 36.8 Å². The Balaban J connectivity index is 1.47. The first-order valence-electron chi connectivity index (χ1n) is 9.14. The molecule has 1 aromatic carbocycles. The Bertz CT molecular complexity index is 1090. The molecule has 3 aromatic heterocycles. The lowest BCUT2D eigenvalue weighted by Crippen LogP contribution is -2.07. The molecule has 0 aliphatic carbocycles. The number of aromatic nitrogens is 1. The third-order valence-corrected chi connectivity index (χ3v) is 5.02. The van der Waals surface area contributed by atoms with E-state index in [0.29, 0.717) is 29.0 Å². The van der Waals surface area contributed by atoms with Crippen LogP contribution >= 0.6 is 11.3 Å². The number of rotatable bonds is 8. The Morgan fingerprint density at radius 3 is 2.50 bits per heavy atom. The minimum Gasteiger partial charge on any atom is -0.490 e. The third-order valence-electron chi connectivity index (χ3n) is 4.03. The standard InChI is InChI=1S/C23H18N2O4S/c1-2-13-27-17-10-7-16(8-11-17)9-12-20(26)24-23-25-21(18-5-3-14-28-18)22(30-23)19-6-4-15-29-19/h2-12,14-15H,1,13H2,(H,24,25,26)/b12-9+. The molecule has 0 saturated carbocycles. The maximum atomic E-state index is 12.4. The minimum absolute atomic E-state index is 0.285. The van der Waals surface area contributed by atoms with E-state index in [2.05, 4.69) is 16.9 Å². The van der Waals surface area contributed by atoms with Crippen LogP contribution in [0, 0.1) is 0 Å². The van der Waals surface area contributed by atoms with Crippen molar-refractivity contribution in [1.82, 2.24) is 4.98 Å². The maximum Gasteiger partial charge on any atom is 0.250 e. The number of ether oxygens (including phenoxy) is 1. The molecule has 0 unspecified atom stereocenters. The zero-order valence-electron chi connectivity index (χ0n) is 15.9. The van der Waals surface area contributed by atoms with Crippen LogP contribution in [0.15, 0.2) is 88.6 Å². The molecule has 0 radical (unpaired) electrons. The highest BCUT2D eigenvalue weighted by Crippen LogP contribution is 2.39. The summed E-state index contributed by atoms with van der Waals surface area (Å²) in [5, 5.41) is 3.25. The van der Waals surface area contributed by atoms with Crippen molar-refractivity contribution in [2.45, 2.75) is 0 Å². The number of nitrogens with zero attached hydrogens (tertiary/aromatic N) is 1. The number of hydrogen-bond acceptors (Lipinski definition) is 6. The maximum absolute atomic E-state index is 12.4. The van der Waals surface area contributed by atoms with Gasteiger partial charge in [-0.05, 0) is 48.0 Å². The molecule has 0 spiro atoms. The second-order valence-electron chi connectivity index (χ2n) is 6.14. The zero-order valence-corrected chi connectivity index (χ0v) is 16.7. The predicted octanol–water partition coefficient (Wildman–Crippen LogP) is 5.88.